The Morgan fingerprint density at radius 3 is 2.19 bits per heavy atom. The van der Waals surface area contributed by atoms with Crippen molar-refractivity contribution in [3.63, 3.8) is 0 Å². The van der Waals surface area contributed by atoms with Crippen LogP contribution in [-0.2, 0) is 0 Å². The van der Waals surface area contributed by atoms with E-state index in [4.69, 9.17) is 8.83 Å². The van der Waals surface area contributed by atoms with Crippen LogP contribution in [-0.4, -0.2) is 0 Å². The molecular formula is C56H41NO2. The van der Waals surface area contributed by atoms with Gasteiger partial charge in [0.05, 0.1) is 0 Å². The Morgan fingerprint density at radius 2 is 1.36 bits per heavy atom. The fourth-order valence-corrected chi connectivity index (χ4v) is 8.53. The topological polar surface area (TPSA) is 29.5 Å². The lowest BCUT2D eigenvalue weighted by atomic mass is 9.87. The van der Waals surface area contributed by atoms with Gasteiger partial charge in [0.1, 0.15) is 22.5 Å². The molecule has 59 heavy (non-hydrogen) atoms. The first-order valence-corrected chi connectivity index (χ1v) is 20.1. The second-order valence-electron chi connectivity index (χ2n) is 14.9. The number of hydrogen-bond acceptors (Lipinski definition) is 3. The minimum absolute atomic E-state index is 0.0718. The second kappa shape index (κ2) is 15.4. The number of hydrogen-bond donors (Lipinski definition) is 0. The fourth-order valence-electron chi connectivity index (χ4n) is 8.53. The molecule has 1 unspecified atom stereocenters. The molecular weight excluding hydrogens is 719 g/mol. The summed E-state index contributed by atoms with van der Waals surface area (Å²) < 4.78 is 12.7. The summed E-state index contributed by atoms with van der Waals surface area (Å²) in [6.07, 6.45) is 21.8. The maximum absolute atomic E-state index is 6.51. The summed E-state index contributed by atoms with van der Waals surface area (Å²) in [5.74, 6) is 0.985. The number of para-hydroxylation sites is 1. The average Bonchev–Trinajstić information content (AvgIpc) is 3.85. The lowest BCUT2D eigenvalue weighted by molar-refractivity contribution is 0.591. The van der Waals surface area contributed by atoms with Crippen LogP contribution in [0.3, 0.4) is 0 Å². The van der Waals surface area contributed by atoms with E-state index >= 15 is 0 Å². The zero-order chi connectivity index (χ0) is 39.7. The van der Waals surface area contributed by atoms with E-state index in [1.54, 1.807) is 0 Å². The van der Waals surface area contributed by atoms with E-state index in [1.807, 2.05) is 36.4 Å². The highest BCUT2D eigenvalue weighted by Crippen LogP contribution is 2.42. The van der Waals surface area contributed by atoms with Crippen molar-refractivity contribution in [1.29, 1.82) is 0 Å². The van der Waals surface area contributed by atoms with Crippen molar-refractivity contribution in [2.24, 2.45) is 0 Å². The van der Waals surface area contributed by atoms with Crippen molar-refractivity contribution in [2.45, 2.75) is 12.3 Å². The maximum Gasteiger partial charge on any atom is 0.136 e. The Morgan fingerprint density at radius 1 is 0.627 bits per heavy atom. The molecule has 3 nitrogen and oxygen atoms in total. The number of anilines is 1. The average molecular weight is 760 g/mol. The van der Waals surface area contributed by atoms with Crippen LogP contribution in [0.4, 0.5) is 5.69 Å². The first kappa shape index (κ1) is 35.8. The summed E-state index contributed by atoms with van der Waals surface area (Å²) >= 11 is 0. The molecule has 2 aromatic heterocycles. The third kappa shape index (κ3) is 6.73. The molecule has 0 aliphatic heterocycles. The van der Waals surface area contributed by atoms with Gasteiger partial charge in [-0.2, -0.15) is 0 Å². The highest BCUT2D eigenvalue weighted by atomic mass is 16.3. The maximum atomic E-state index is 6.51. The largest absolute Gasteiger partial charge is 0.456 e. The van der Waals surface area contributed by atoms with Crippen molar-refractivity contribution in [2.75, 3.05) is 4.90 Å². The van der Waals surface area contributed by atoms with Crippen LogP contribution in [0.5, 0.6) is 0 Å². The molecule has 3 heteroatoms. The quantitative estimate of drug-likeness (QED) is 0.130. The highest BCUT2D eigenvalue weighted by Gasteiger charge is 2.24. The monoisotopic (exact) mass is 759 g/mol. The Balaban J connectivity index is 1.08. The van der Waals surface area contributed by atoms with Crippen LogP contribution in [0, 0.1) is 0 Å². The smallest absolute Gasteiger partial charge is 0.136 e. The molecule has 1 aliphatic rings. The SMILES string of the molecule is C=C/C=C\C(=C\C1CC=Cc2oc3cc4ccccc4cc3c21)N(/C=C/C=C(\C=C)c1ccc2c(c1)oc1ccccc12)c1ccc(-c2cccc3ccccc23)cc1. The van der Waals surface area contributed by atoms with Crippen LogP contribution < -0.4 is 4.90 Å². The van der Waals surface area contributed by atoms with E-state index in [1.165, 1.54) is 32.7 Å². The van der Waals surface area contributed by atoms with Gasteiger partial charge in [0.15, 0.2) is 0 Å². The zero-order valence-corrected chi connectivity index (χ0v) is 32.6. The van der Waals surface area contributed by atoms with Crippen molar-refractivity contribution in [3.05, 3.63) is 236 Å². The van der Waals surface area contributed by atoms with Gasteiger partial charge in [0, 0.05) is 45.2 Å². The van der Waals surface area contributed by atoms with Gasteiger partial charge in [-0.25, -0.2) is 0 Å². The Hall–Kier alpha value is -7.62. The molecule has 10 rings (SSSR count). The number of allylic oxidation sites excluding steroid dienone is 9. The van der Waals surface area contributed by atoms with Gasteiger partial charge in [-0.15, -0.1) is 0 Å². The molecule has 0 N–H and O–H groups in total. The van der Waals surface area contributed by atoms with E-state index in [0.717, 1.165) is 73.2 Å². The van der Waals surface area contributed by atoms with E-state index in [-0.39, 0.29) is 5.92 Å². The highest BCUT2D eigenvalue weighted by molar-refractivity contribution is 6.06. The normalized spacial score (nSPS) is 14.7. The van der Waals surface area contributed by atoms with Gasteiger partial charge in [-0.1, -0.05) is 153 Å². The molecule has 0 fully saturated rings. The number of benzene rings is 7. The summed E-state index contributed by atoms with van der Waals surface area (Å²) in [7, 11) is 0. The van der Waals surface area contributed by atoms with Crippen LogP contribution in [0.15, 0.2) is 228 Å². The molecule has 1 atom stereocenters. The first-order valence-electron chi connectivity index (χ1n) is 20.1. The summed E-state index contributed by atoms with van der Waals surface area (Å²) in [6.45, 7) is 8.23. The Bertz CT molecular complexity index is 3230. The first-order chi connectivity index (χ1) is 29.1. The second-order valence-corrected chi connectivity index (χ2v) is 14.9. The number of furan rings is 2. The van der Waals surface area contributed by atoms with Crippen LogP contribution in [0.25, 0.3) is 77.2 Å². The molecule has 0 saturated heterocycles. The molecule has 0 amide bonds. The fraction of sp³-hybridized carbons (Fsp3) is 0.0357. The Kier molecular flexibility index (Phi) is 9.32. The van der Waals surface area contributed by atoms with E-state index in [9.17, 15) is 0 Å². The predicted molar refractivity (Wildman–Crippen MR) is 250 cm³/mol. The molecule has 2 heterocycles. The van der Waals surface area contributed by atoms with Gasteiger partial charge in [-0.05, 0) is 111 Å². The lowest BCUT2D eigenvalue weighted by Gasteiger charge is -2.25. The van der Waals surface area contributed by atoms with Gasteiger partial charge >= 0.3 is 0 Å². The molecule has 0 spiro atoms. The number of fused-ring (bicyclic) bond motifs is 8. The van der Waals surface area contributed by atoms with Gasteiger partial charge in [-0.3, -0.25) is 0 Å². The van der Waals surface area contributed by atoms with Crippen LogP contribution in [0.1, 0.15) is 29.2 Å². The summed E-state index contributed by atoms with van der Waals surface area (Å²) in [5.41, 5.74) is 10.3. The number of rotatable bonds is 10. The van der Waals surface area contributed by atoms with Crippen molar-refractivity contribution >= 4 is 71.8 Å². The zero-order valence-electron chi connectivity index (χ0n) is 32.6. The van der Waals surface area contributed by atoms with Crippen molar-refractivity contribution in [3.8, 4) is 11.1 Å². The van der Waals surface area contributed by atoms with E-state index < -0.39 is 0 Å². The third-order valence-electron chi connectivity index (χ3n) is 11.4. The van der Waals surface area contributed by atoms with Crippen molar-refractivity contribution in [1.82, 2.24) is 0 Å². The standard InChI is InChI=1S/C56H41NO2/c1-3-5-21-46(34-44-19-13-26-53-56(44)51-35-41-16-6-7-17-42(41)36-55(51)59-53)57(45-30-27-40(28-31-45)48-24-12-18-39-15-8-9-22-47(39)48)33-14-20-38(4-2)43-29-32-50-49-23-10-11-25-52(49)58-54(50)37-43/h3-18,20-37,44H,1-2,19H2/b21-5-,33-14+,38-20+,46-34-. The van der Waals surface area contributed by atoms with Gasteiger partial charge < -0.3 is 13.7 Å². The van der Waals surface area contributed by atoms with Crippen molar-refractivity contribution < 1.29 is 8.83 Å². The summed E-state index contributed by atoms with van der Waals surface area (Å²) in [5, 5.41) is 8.20. The molecule has 0 bridgehead atoms. The molecule has 7 aromatic carbocycles. The summed E-state index contributed by atoms with van der Waals surface area (Å²) in [4.78, 5) is 2.25. The summed E-state index contributed by atoms with van der Waals surface area (Å²) in [6, 6.07) is 51.4. The minimum Gasteiger partial charge on any atom is -0.456 e. The Labute approximate surface area is 343 Å². The van der Waals surface area contributed by atoms with E-state index in [2.05, 4.69) is 188 Å². The molecule has 1 aliphatic carbocycles. The minimum atomic E-state index is 0.0718. The third-order valence-corrected chi connectivity index (χ3v) is 11.4. The van der Waals surface area contributed by atoms with Gasteiger partial charge in [0.2, 0.25) is 0 Å². The molecule has 0 saturated carbocycles. The molecule has 282 valence electrons. The molecule has 0 radical (unpaired) electrons. The van der Waals surface area contributed by atoms with E-state index in [0.29, 0.717) is 0 Å². The lowest BCUT2D eigenvalue weighted by Crippen LogP contribution is -2.15. The molecule has 9 aromatic rings. The number of nitrogens with zero attached hydrogens (tertiary/aromatic N) is 1. The van der Waals surface area contributed by atoms with Gasteiger partial charge in [0.25, 0.3) is 0 Å². The van der Waals surface area contributed by atoms with Crippen LogP contribution in [0.2, 0.25) is 0 Å². The van der Waals surface area contributed by atoms with Crippen LogP contribution >= 0.6 is 0 Å². The predicted octanol–water partition coefficient (Wildman–Crippen LogP) is 15.7.